The number of carbonyl (C=O) groups excluding carboxylic acids is 2. The summed E-state index contributed by atoms with van der Waals surface area (Å²) in [6, 6.07) is -1.34. The van der Waals surface area contributed by atoms with Gasteiger partial charge in [-0.25, -0.2) is 4.79 Å². The molecule has 6 heteroatoms. The second-order valence-corrected chi connectivity index (χ2v) is 11.8. The number of nitrogens with one attached hydrogen (secondary N) is 1. The Morgan fingerprint density at radius 1 is 1.09 bits per heavy atom. The fraction of sp³-hybridized carbons (Fsp3) is 0.778. The van der Waals surface area contributed by atoms with Gasteiger partial charge in [-0.2, -0.15) is 0 Å². The first-order valence-corrected chi connectivity index (χ1v) is 12.8. The molecule has 0 aliphatic heterocycles. The van der Waals surface area contributed by atoms with Crippen molar-refractivity contribution in [2.75, 3.05) is 0 Å². The van der Waals surface area contributed by atoms with E-state index in [1.807, 2.05) is 13.8 Å². The van der Waals surface area contributed by atoms with Gasteiger partial charge in [0, 0.05) is 11.8 Å². The van der Waals surface area contributed by atoms with Crippen molar-refractivity contribution in [3.05, 3.63) is 23.5 Å². The zero-order chi connectivity index (χ0) is 24.1. The lowest BCUT2D eigenvalue weighted by atomic mass is 9.48. The molecule has 6 nitrogen and oxygen atoms in total. The van der Waals surface area contributed by atoms with E-state index in [1.165, 1.54) is 5.57 Å². The standard InChI is InChI=1S/C27H42N2O4/c1-15(2)23(28)24(31)29-16(3)25(32)33-18-10-12-26(4)17(14-18)6-7-19-20-8-9-22(30)27(20,5)13-11-21(19)26/h6,9,15-16,18-21,23,30H,7-8,10-14,28H2,1-5H3,(H,29,31)/t16-,18-,19-,20-,21-,23-,26-,27-/m0/s1. The number of nitrogens with two attached hydrogens (primary N) is 1. The zero-order valence-electron chi connectivity index (χ0n) is 20.9. The maximum Gasteiger partial charge on any atom is 0.328 e. The van der Waals surface area contributed by atoms with Crippen molar-refractivity contribution in [1.82, 2.24) is 5.32 Å². The van der Waals surface area contributed by atoms with Crippen molar-refractivity contribution < 1.29 is 19.4 Å². The molecule has 4 N–H and O–H groups in total. The number of rotatable bonds is 5. The van der Waals surface area contributed by atoms with E-state index < -0.39 is 12.1 Å². The smallest absolute Gasteiger partial charge is 0.328 e. The average molecular weight is 459 g/mol. The molecule has 4 aliphatic carbocycles. The molecule has 0 spiro atoms. The molecule has 4 aliphatic rings. The summed E-state index contributed by atoms with van der Waals surface area (Å²) in [7, 11) is 0. The van der Waals surface area contributed by atoms with Crippen LogP contribution in [0.25, 0.3) is 0 Å². The predicted octanol–water partition coefficient (Wildman–Crippen LogP) is 4.40. The molecule has 0 saturated heterocycles. The van der Waals surface area contributed by atoms with Crippen LogP contribution in [0.2, 0.25) is 0 Å². The summed E-state index contributed by atoms with van der Waals surface area (Å²) >= 11 is 0. The number of fused-ring (bicyclic) bond motifs is 5. The minimum Gasteiger partial charge on any atom is -0.512 e. The Bertz CT molecular complexity index is 864. The summed E-state index contributed by atoms with van der Waals surface area (Å²) in [6.07, 6.45) is 11.2. The van der Waals surface area contributed by atoms with Gasteiger partial charge in [-0.3, -0.25) is 4.79 Å². The van der Waals surface area contributed by atoms with E-state index in [9.17, 15) is 14.7 Å². The Balaban J connectivity index is 1.39. The Kier molecular flexibility index (Phi) is 6.45. The third kappa shape index (κ3) is 4.13. The van der Waals surface area contributed by atoms with E-state index in [-0.39, 0.29) is 34.7 Å². The Labute approximate surface area is 198 Å². The monoisotopic (exact) mass is 458 g/mol. The molecule has 8 atom stereocenters. The normalized spacial score (nSPS) is 39.4. The van der Waals surface area contributed by atoms with E-state index in [1.54, 1.807) is 6.92 Å². The van der Waals surface area contributed by atoms with Crippen molar-refractivity contribution in [3.8, 4) is 0 Å². The van der Waals surface area contributed by atoms with E-state index >= 15 is 0 Å². The molecular formula is C27H42N2O4. The number of ether oxygens (including phenoxy) is 1. The fourth-order valence-corrected chi connectivity index (χ4v) is 7.21. The predicted molar refractivity (Wildman–Crippen MR) is 128 cm³/mol. The quantitative estimate of drug-likeness (QED) is 0.419. The first-order chi connectivity index (χ1) is 15.5. The van der Waals surface area contributed by atoms with Crippen molar-refractivity contribution >= 4 is 11.9 Å². The van der Waals surface area contributed by atoms with Crippen LogP contribution in [0.3, 0.4) is 0 Å². The van der Waals surface area contributed by atoms with Crippen molar-refractivity contribution in [2.24, 2.45) is 40.2 Å². The maximum absolute atomic E-state index is 12.7. The molecule has 0 heterocycles. The van der Waals surface area contributed by atoms with E-state index in [0.717, 1.165) is 44.9 Å². The van der Waals surface area contributed by atoms with Crippen LogP contribution < -0.4 is 11.1 Å². The average Bonchev–Trinajstić information content (AvgIpc) is 3.07. The van der Waals surface area contributed by atoms with Crippen molar-refractivity contribution in [2.45, 2.75) is 97.8 Å². The summed E-state index contributed by atoms with van der Waals surface area (Å²) in [4.78, 5) is 24.9. The van der Waals surface area contributed by atoms with Crippen LogP contribution in [0, 0.1) is 34.5 Å². The van der Waals surface area contributed by atoms with Gasteiger partial charge in [0.05, 0.1) is 11.8 Å². The highest BCUT2D eigenvalue weighted by Crippen LogP contribution is 2.64. The number of aliphatic hydroxyl groups excluding tert-OH is 1. The molecule has 0 radical (unpaired) electrons. The number of allylic oxidation sites excluding steroid dienone is 3. The topological polar surface area (TPSA) is 102 Å². The number of hydrogen-bond donors (Lipinski definition) is 3. The fourth-order valence-electron chi connectivity index (χ4n) is 7.21. The number of amides is 1. The van der Waals surface area contributed by atoms with Crippen LogP contribution in [-0.2, 0) is 14.3 Å². The highest BCUT2D eigenvalue weighted by atomic mass is 16.5. The van der Waals surface area contributed by atoms with Crippen LogP contribution in [0.5, 0.6) is 0 Å². The van der Waals surface area contributed by atoms with E-state index in [0.29, 0.717) is 23.5 Å². The van der Waals surface area contributed by atoms with Crippen LogP contribution >= 0.6 is 0 Å². The molecule has 2 saturated carbocycles. The first kappa shape index (κ1) is 24.3. The molecule has 4 rings (SSSR count). The van der Waals surface area contributed by atoms with Crippen LogP contribution in [0.15, 0.2) is 23.5 Å². The van der Waals surface area contributed by atoms with Gasteiger partial charge in [0.15, 0.2) is 0 Å². The minimum atomic E-state index is -0.709. The van der Waals surface area contributed by atoms with Gasteiger partial charge in [-0.1, -0.05) is 39.3 Å². The highest BCUT2D eigenvalue weighted by Gasteiger charge is 2.57. The SMILES string of the molecule is CC(C)[C@H](N)C(=O)N[C@@H](C)C(=O)O[C@H]1CC[C@@]2(C)C(=CC[C@@H]3[C@@H]2CC[C@]2(C)C(O)=CC[C@@H]32)C1. The van der Waals surface area contributed by atoms with Gasteiger partial charge in [-0.05, 0) is 80.6 Å². The van der Waals surface area contributed by atoms with Crippen LogP contribution in [0.4, 0.5) is 0 Å². The summed E-state index contributed by atoms with van der Waals surface area (Å²) in [5.41, 5.74) is 7.43. The lowest BCUT2D eigenvalue weighted by Gasteiger charge is -2.57. The molecule has 2 fully saturated rings. The number of esters is 1. The first-order valence-electron chi connectivity index (χ1n) is 12.8. The molecule has 33 heavy (non-hydrogen) atoms. The van der Waals surface area contributed by atoms with Gasteiger partial charge < -0.3 is 20.9 Å². The van der Waals surface area contributed by atoms with Gasteiger partial charge in [-0.15, -0.1) is 0 Å². The van der Waals surface area contributed by atoms with Crippen LogP contribution in [0.1, 0.15) is 79.6 Å². The lowest BCUT2D eigenvalue weighted by Crippen LogP contribution is -2.51. The molecule has 1 amide bonds. The van der Waals surface area contributed by atoms with Gasteiger partial charge in [0.25, 0.3) is 0 Å². The van der Waals surface area contributed by atoms with Gasteiger partial charge in [0.1, 0.15) is 12.1 Å². The molecule has 0 aromatic rings. The Hall–Kier alpha value is -1.82. The zero-order valence-corrected chi connectivity index (χ0v) is 20.9. The molecule has 0 bridgehead atoms. The van der Waals surface area contributed by atoms with Gasteiger partial charge in [0.2, 0.25) is 5.91 Å². The number of aliphatic hydroxyl groups is 1. The molecule has 0 aromatic carbocycles. The van der Waals surface area contributed by atoms with E-state index in [2.05, 4.69) is 31.3 Å². The largest absolute Gasteiger partial charge is 0.512 e. The summed E-state index contributed by atoms with van der Waals surface area (Å²) in [5, 5.41) is 13.2. The van der Waals surface area contributed by atoms with Gasteiger partial charge >= 0.3 is 5.97 Å². The molecule has 0 unspecified atom stereocenters. The second kappa shape index (κ2) is 8.75. The van der Waals surface area contributed by atoms with Crippen LogP contribution in [-0.4, -0.2) is 35.2 Å². The minimum absolute atomic E-state index is 0.00735. The number of carbonyl (C=O) groups is 2. The lowest BCUT2D eigenvalue weighted by molar-refractivity contribution is -0.154. The molecule has 184 valence electrons. The molecule has 0 aromatic heterocycles. The third-order valence-corrected chi connectivity index (χ3v) is 9.61. The Morgan fingerprint density at radius 2 is 1.79 bits per heavy atom. The van der Waals surface area contributed by atoms with E-state index in [4.69, 9.17) is 10.5 Å². The summed E-state index contributed by atoms with van der Waals surface area (Å²) in [6.45, 7) is 10.1. The number of hydrogen-bond acceptors (Lipinski definition) is 5. The van der Waals surface area contributed by atoms with Crippen molar-refractivity contribution in [3.63, 3.8) is 0 Å². The van der Waals surface area contributed by atoms with Crippen molar-refractivity contribution in [1.29, 1.82) is 0 Å². The highest BCUT2D eigenvalue weighted by molar-refractivity contribution is 5.87. The summed E-state index contributed by atoms with van der Waals surface area (Å²) < 4.78 is 5.85. The molecular weight excluding hydrogens is 416 g/mol. The Morgan fingerprint density at radius 3 is 2.48 bits per heavy atom. The third-order valence-electron chi connectivity index (χ3n) is 9.61. The maximum atomic E-state index is 12.7. The second-order valence-electron chi connectivity index (χ2n) is 11.8. The summed E-state index contributed by atoms with van der Waals surface area (Å²) in [5.74, 6) is 1.68.